The molecule has 144 valence electrons. The average molecular weight is 389 g/mol. The Labute approximate surface area is 163 Å². The van der Waals surface area contributed by atoms with E-state index in [1.54, 1.807) is 42.5 Å². The number of phenols is 1. The van der Waals surface area contributed by atoms with Crippen LogP contribution in [0.5, 0.6) is 5.75 Å². The molecule has 0 aliphatic rings. The molecule has 4 N–H and O–H groups in total. The number of aromatic nitrogens is 2. The highest BCUT2D eigenvalue weighted by atomic mass is 16.3. The Hall–Kier alpha value is -4.40. The maximum atomic E-state index is 12.4. The first kappa shape index (κ1) is 18.0. The van der Waals surface area contributed by atoms with Crippen LogP contribution < -0.4 is 32.2 Å². The van der Waals surface area contributed by atoms with E-state index < -0.39 is 16.4 Å². The minimum atomic E-state index is -0.722. The van der Waals surface area contributed by atoms with Crippen LogP contribution in [-0.4, -0.2) is 15.1 Å². The van der Waals surface area contributed by atoms with E-state index in [1.165, 1.54) is 29.3 Å². The van der Waals surface area contributed by atoms with E-state index in [1.807, 2.05) is 0 Å². The van der Waals surface area contributed by atoms with Crippen LogP contribution in [0.1, 0.15) is 0 Å². The topological polar surface area (TPSA) is 127 Å². The second-order valence-electron chi connectivity index (χ2n) is 6.11. The molecule has 0 aliphatic carbocycles. The average Bonchev–Trinajstić information content (AvgIpc) is 2.73. The molecule has 0 radical (unpaired) electrons. The molecule has 9 heteroatoms. The molecule has 1 aromatic heterocycles. The van der Waals surface area contributed by atoms with Crippen molar-refractivity contribution in [2.24, 2.45) is 0 Å². The number of nitrogens with one attached hydrogen (secondary N) is 3. The van der Waals surface area contributed by atoms with Crippen molar-refractivity contribution in [2.75, 3.05) is 15.8 Å². The lowest BCUT2D eigenvalue weighted by Crippen LogP contribution is -2.41. The number of aromatic hydroxyl groups is 1. The molecule has 0 aliphatic heterocycles. The summed E-state index contributed by atoms with van der Waals surface area (Å²) < 4.78 is 0. The lowest BCUT2D eigenvalue weighted by molar-refractivity contribution is 0.475. The Morgan fingerprint density at radius 3 is 2.41 bits per heavy atom. The first-order valence-electron chi connectivity index (χ1n) is 8.59. The van der Waals surface area contributed by atoms with Gasteiger partial charge in [-0.15, -0.1) is 0 Å². The SMILES string of the molecule is O=c1ccnc(N(c2ccccc2)c2c(NNc3cccc(O)c3)c(=O)c2=O)[nH]1. The Balaban J connectivity index is 1.76. The van der Waals surface area contributed by atoms with Gasteiger partial charge in [0.05, 0.1) is 5.69 Å². The molecule has 29 heavy (non-hydrogen) atoms. The highest BCUT2D eigenvalue weighted by molar-refractivity contribution is 5.86. The highest BCUT2D eigenvalue weighted by Gasteiger charge is 2.29. The van der Waals surface area contributed by atoms with E-state index in [2.05, 4.69) is 20.8 Å². The van der Waals surface area contributed by atoms with Crippen molar-refractivity contribution in [1.82, 2.24) is 9.97 Å². The Kier molecular flexibility index (Phi) is 4.54. The van der Waals surface area contributed by atoms with Gasteiger partial charge < -0.3 is 10.5 Å². The van der Waals surface area contributed by atoms with Crippen LogP contribution in [0, 0.1) is 0 Å². The smallest absolute Gasteiger partial charge is 0.255 e. The minimum absolute atomic E-state index is 0.00805. The highest BCUT2D eigenvalue weighted by Crippen LogP contribution is 2.33. The van der Waals surface area contributed by atoms with Crippen molar-refractivity contribution < 1.29 is 5.11 Å². The van der Waals surface area contributed by atoms with Crippen LogP contribution in [0.4, 0.5) is 28.7 Å². The van der Waals surface area contributed by atoms with E-state index in [0.717, 1.165) is 0 Å². The summed E-state index contributed by atoms with van der Waals surface area (Å²) in [5.74, 6) is 0.134. The van der Waals surface area contributed by atoms with Crippen molar-refractivity contribution in [3.8, 4) is 5.75 Å². The number of aromatic amines is 1. The maximum Gasteiger partial charge on any atom is 0.255 e. The molecule has 0 saturated carbocycles. The van der Waals surface area contributed by atoms with Gasteiger partial charge >= 0.3 is 0 Å². The van der Waals surface area contributed by atoms with Gasteiger partial charge in [0.1, 0.15) is 17.1 Å². The van der Waals surface area contributed by atoms with Gasteiger partial charge in [-0.2, -0.15) is 0 Å². The van der Waals surface area contributed by atoms with Crippen LogP contribution in [0.3, 0.4) is 0 Å². The van der Waals surface area contributed by atoms with Gasteiger partial charge in [0, 0.05) is 24.0 Å². The number of hydrogen-bond acceptors (Lipinski definition) is 8. The van der Waals surface area contributed by atoms with Crippen molar-refractivity contribution in [2.45, 2.75) is 0 Å². The summed E-state index contributed by atoms with van der Waals surface area (Å²) in [6, 6.07) is 16.2. The second-order valence-corrected chi connectivity index (χ2v) is 6.11. The summed E-state index contributed by atoms with van der Waals surface area (Å²) in [6.45, 7) is 0. The van der Waals surface area contributed by atoms with E-state index in [4.69, 9.17) is 0 Å². The summed E-state index contributed by atoms with van der Waals surface area (Å²) in [5, 5.41) is 9.56. The molecule has 0 amide bonds. The predicted molar refractivity (Wildman–Crippen MR) is 110 cm³/mol. The van der Waals surface area contributed by atoms with Crippen LogP contribution in [0.25, 0.3) is 0 Å². The Bertz CT molecular complexity index is 1290. The van der Waals surface area contributed by atoms with Crippen LogP contribution in [-0.2, 0) is 0 Å². The molecule has 0 fully saturated rings. The van der Waals surface area contributed by atoms with E-state index in [9.17, 15) is 19.5 Å². The normalized spacial score (nSPS) is 10.6. The number of rotatable bonds is 6. The number of para-hydroxylation sites is 1. The van der Waals surface area contributed by atoms with Crippen molar-refractivity contribution in [3.05, 3.63) is 97.7 Å². The standard InChI is InChI=1S/C20H15N5O4/c26-14-8-4-5-12(11-14)23-24-16-17(19(29)18(16)28)25(13-6-2-1-3-7-13)20-21-10-9-15(27)22-20/h1-11,23-24,26H,(H,21,22,27). The molecular formula is C20H15N5O4. The van der Waals surface area contributed by atoms with Crippen molar-refractivity contribution >= 4 is 28.7 Å². The maximum absolute atomic E-state index is 12.4. The fourth-order valence-corrected chi connectivity index (χ4v) is 2.83. The predicted octanol–water partition coefficient (Wildman–Crippen LogP) is 1.98. The molecule has 4 aromatic rings. The molecule has 0 spiro atoms. The molecule has 1 heterocycles. The molecule has 3 aromatic carbocycles. The van der Waals surface area contributed by atoms with Crippen LogP contribution in [0.2, 0.25) is 0 Å². The van der Waals surface area contributed by atoms with Crippen molar-refractivity contribution in [1.29, 1.82) is 0 Å². The third kappa shape index (κ3) is 3.44. The van der Waals surface area contributed by atoms with Gasteiger partial charge in [0.25, 0.3) is 16.4 Å². The summed E-state index contributed by atoms with van der Waals surface area (Å²) in [6.07, 6.45) is 1.31. The lowest BCUT2D eigenvalue weighted by atomic mass is 10.1. The monoisotopic (exact) mass is 389 g/mol. The van der Waals surface area contributed by atoms with Gasteiger partial charge in [0.2, 0.25) is 5.95 Å². The fraction of sp³-hybridized carbons (Fsp3) is 0. The van der Waals surface area contributed by atoms with E-state index >= 15 is 0 Å². The first-order valence-corrected chi connectivity index (χ1v) is 8.59. The van der Waals surface area contributed by atoms with E-state index in [-0.39, 0.29) is 23.1 Å². The Morgan fingerprint density at radius 1 is 0.897 bits per heavy atom. The lowest BCUT2D eigenvalue weighted by Gasteiger charge is -2.26. The third-order valence-corrected chi connectivity index (χ3v) is 4.17. The molecule has 0 saturated heterocycles. The number of H-pyrrole nitrogens is 1. The van der Waals surface area contributed by atoms with Gasteiger partial charge in [-0.3, -0.25) is 29.7 Å². The number of hydrazine groups is 1. The fourth-order valence-electron chi connectivity index (χ4n) is 2.83. The third-order valence-electron chi connectivity index (χ3n) is 4.17. The van der Waals surface area contributed by atoms with Crippen LogP contribution >= 0.6 is 0 Å². The van der Waals surface area contributed by atoms with Gasteiger partial charge in [-0.05, 0) is 24.3 Å². The first-order chi connectivity index (χ1) is 14.0. The summed E-state index contributed by atoms with van der Waals surface area (Å²) >= 11 is 0. The molecule has 0 unspecified atom stereocenters. The summed E-state index contributed by atoms with van der Waals surface area (Å²) in [4.78, 5) is 44.5. The van der Waals surface area contributed by atoms with E-state index in [0.29, 0.717) is 11.4 Å². The van der Waals surface area contributed by atoms with Crippen LogP contribution in [0.15, 0.2) is 81.2 Å². The summed E-state index contributed by atoms with van der Waals surface area (Å²) in [5.41, 5.74) is 4.72. The van der Waals surface area contributed by atoms with Crippen molar-refractivity contribution in [3.63, 3.8) is 0 Å². The molecular weight excluding hydrogens is 374 g/mol. The molecule has 9 nitrogen and oxygen atoms in total. The quantitative estimate of drug-likeness (QED) is 0.291. The number of benzene rings is 2. The van der Waals surface area contributed by atoms with Gasteiger partial charge in [0.15, 0.2) is 0 Å². The second kappa shape index (κ2) is 7.31. The van der Waals surface area contributed by atoms with Gasteiger partial charge in [-0.25, -0.2) is 4.98 Å². The zero-order valence-electron chi connectivity index (χ0n) is 14.9. The zero-order valence-corrected chi connectivity index (χ0v) is 14.9. The molecule has 0 atom stereocenters. The zero-order chi connectivity index (χ0) is 20.4. The molecule has 4 rings (SSSR count). The minimum Gasteiger partial charge on any atom is -0.508 e. The number of nitrogens with zero attached hydrogens (tertiary/aromatic N) is 2. The summed E-state index contributed by atoms with van der Waals surface area (Å²) in [7, 11) is 0. The largest absolute Gasteiger partial charge is 0.508 e. The number of anilines is 5. The molecule has 0 bridgehead atoms. The van der Waals surface area contributed by atoms with Gasteiger partial charge in [-0.1, -0.05) is 24.3 Å². The Morgan fingerprint density at radius 2 is 1.69 bits per heavy atom. The number of phenolic OH excluding ortho intramolecular Hbond substituents is 1. The number of hydrogen-bond donors (Lipinski definition) is 4.